The molecule has 1 amide bonds. The molecule has 6 heteroatoms. The van der Waals surface area contributed by atoms with Gasteiger partial charge in [-0.15, -0.1) is 0 Å². The summed E-state index contributed by atoms with van der Waals surface area (Å²) in [4.78, 5) is 38.5. The van der Waals surface area contributed by atoms with Gasteiger partial charge in [-0.3, -0.25) is 9.59 Å². The van der Waals surface area contributed by atoms with Gasteiger partial charge in [-0.2, -0.15) is 0 Å². The number of para-hydroxylation sites is 1. The number of amides is 1. The number of fused-ring (bicyclic) bond motifs is 1. The molecule has 6 nitrogen and oxygen atoms in total. The molecule has 0 atom stereocenters. The zero-order valence-electron chi connectivity index (χ0n) is 11.9. The Morgan fingerprint density at radius 1 is 1.18 bits per heavy atom. The van der Waals surface area contributed by atoms with Gasteiger partial charge in [0.2, 0.25) is 5.56 Å². The Morgan fingerprint density at radius 2 is 1.86 bits per heavy atom. The highest BCUT2D eigenvalue weighted by molar-refractivity contribution is 6.07. The molecule has 0 spiro atoms. The van der Waals surface area contributed by atoms with Crippen LogP contribution in [0.4, 0.5) is 0 Å². The van der Waals surface area contributed by atoms with Crippen LogP contribution in [0.3, 0.4) is 0 Å². The lowest BCUT2D eigenvalue weighted by Gasteiger charge is -2.25. The molecule has 1 saturated carbocycles. The van der Waals surface area contributed by atoms with E-state index in [1.54, 1.807) is 24.3 Å². The summed E-state index contributed by atoms with van der Waals surface area (Å²) in [6.45, 7) is 0. The number of carbonyl (C=O) groups is 2. The van der Waals surface area contributed by atoms with E-state index in [9.17, 15) is 19.5 Å². The number of rotatable bonds is 3. The van der Waals surface area contributed by atoms with Crippen LogP contribution in [0.2, 0.25) is 0 Å². The third-order valence-electron chi connectivity index (χ3n) is 4.21. The number of benzene rings is 1. The van der Waals surface area contributed by atoms with Crippen molar-refractivity contribution in [3.05, 3.63) is 46.2 Å². The highest BCUT2D eigenvalue weighted by atomic mass is 16.4. The van der Waals surface area contributed by atoms with Crippen LogP contribution < -0.4 is 10.9 Å². The Labute approximate surface area is 126 Å². The maximum atomic E-state index is 12.5. The lowest BCUT2D eigenvalue weighted by Crippen LogP contribution is -2.52. The van der Waals surface area contributed by atoms with Crippen LogP contribution >= 0.6 is 0 Å². The van der Waals surface area contributed by atoms with Gasteiger partial charge in [0.25, 0.3) is 5.91 Å². The molecule has 0 radical (unpaired) electrons. The summed E-state index contributed by atoms with van der Waals surface area (Å²) in [5.74, 6) is -1.54. The van der Waals surface area contributed by atoms with Crippen LogP contribution in [0.25, 0.3) is 10.9 Å². The number of aliphatic carboxylic acids is 1. The number of nitrogens with one attached hydrogen (secondary N) is 2. The Kier molecular flexibility index (Phi) is 3.44. The van der Waals surface area contributed by atoms with E-state index in [0.29, 0.717) is 23.7 Å². The lowest BCUT2D eigenvalue weighted by atomic mass is 9.96. The minimum atomic E-state index is -1.22. The topological polar surface area (TPSA) is 99.3 Å². The fraction of sp³-hybridized carbons (Fsp3) is 0.312. The largest absolute Gasteiger partial charge is 0.480 e. The summed E-state index contributed by atoms with van der Waals surface area (Å²) < 4.78 is 0. The third kappa shape index (κ3) is 2.36. The summed E-state index contributed by atoms with van der Waals surface area (Å²) in [6.07, 6.45) is 2.36. The summed E-state index contributed by atoms with van der Waals surface area (Å²) >= 11 is 0. The number of hydrogen-bond acceptors (Lipinski definition) is 3. The van der Waals surface area contributed by atoms with E-state index in [1.165, 1.54) is 6.07 Å². The van der Waals surface area contributed by atoms with E-state index >= 15 is 0 Å². The first-order valence-electron chi connectivity index (χ1n) is 7.20. The molecular formula is C16H16N2O4. The predicted molar refractivity (Wildman–Crippen MR) is 80.9 cm³/mol. The van der Waals surface area contributed by atoms with Crippen LogP contribution in [0.5, 0.6) is 0 Å². The van der Waals surface area contributed by atoms with Crippen LogP contribution in [-0.2, 0) is 4.79 Å². The highest BCUT2D eigenvalue weighted by Crippen LogP contribution is 2.30. The first kappa shape index (κ1) is 14.3. The van der Waals surface area contributed by atoms with Gasteiger partial charge >= 0.3 is 5.97 Å². The normalized spacial score (nSPS) is 16.5. The van der Waals surface area contributed by atoms with Gasteiger partial charge in [0.1, 0.15) is 5.54 Å². The predicted octanol–water partition coefficient (Wildman–Crippen LogP) is 1.66. The second-order valence-electron chi connectivity index (χ2n) is 5.64. The third-order valence-corrected chi connectivity index (χ3v) is 4.21. The summed E-state index contributed by atoms with van der Waals surface area (Å²) in [5, 5.41) is 12.7. The smallest absolute Gasteiger partial charge is 0.329 e. The van der Waals surface area contributed by atoms with E-state index in [4.69, 9.17) is 0 Å². The number of carboxylic acid groups (broad SMARTS) is 1. The first-order valence-corrected chi connectivity index (χ1v) is 7.20. The van der Waals surface area contributed by atoms with Crippen LogP contribution in [0.15, 0.2) is 35.1 Å². The van der Waals surface area contributed by atoms with E-state index in [-0.39, 0.29) is 11.1 Å². The second kappa shape index (κ2) is 5.29. The molecule has 1 aromatic heterocycles. The van der Waals surface area contributed by atoms with E-state index < -0.39 is 17.4 Å². The van der Waals surface area contributed by atoms with Crippen molar-refractivity contribution in [1.29, 1.82) is 0 Å². The van der Waals surface area contributed by atoms with Crippen molar-refractivity contribution in [3.8, 4) is 0 Å². The molecule has 1 aliphatic rings. The maximum Gasteiger partial charge on any atom is 0.329 e. The van der Waals surface area contributed by atoms with Gasteiger partial charge in [0.05, 0.1) is 5.56 Å². The van der Waals surface area contributed by atoms with Crippen molar-refractivity contribution in [2.45, 2.75) is 31.2 Å². The van der Waals surface area contributed by atoms with Crippen molar-refractivity contribution in [2.24, 2.45) is 0 Å². The van der Waals surface area contributed by atoms with Crippen molar-refractivity contribution in [2.75, 3.05) is 0 Å². The van der Waals surface area contributed by atoms with Crippen LogP contribution in [0, 0.1) is 0 Å². The quantitative estimate of drug-likeness (QED) is 0.802. The Bertz CT molecular complexity index is 803. The summed E-state index contributed by atoms with van der Waals surface area (Å²) in [6, 6.07) is 8.16. The molecule has 1 fully saturated rings. The number of carbonyl (C=O) groups excluding carboxylic acids is 1. The number of pyridine rings is 1. The number of hydrogen-bond donors (Lipinski definition) is 3. The minimum Gasteiger partial charge on any atom is -0.480 e. The standard InChI is InChI=1S/C16H16N2O4/c19-13-9-11(10-5-1-2-6-12(10)17-13)14(20)18-16(15(21)22)7-3-4-8-16/h1-2,5-6,9H,3-4,7-8H2,(H,17,19)(H,18,20)(H,21,22). The monoisotopic (exact) mass is 300 g/mol. The number of H-pyrrole nitrogens is 1. The average molecular weight is 300 g/mol. The number of carboxylic acids is 1. The Morgan fingerprint density at radius 3 is 2.55 bits per heavy atom. The fourth-order valence-corrected chi connectivity index (χ4v) is 3.05. The van der Waals surface area contributed by atoms with Crippen molar-refractivity contribution < 1.29 is 14.7 Å². The summed E-state index contributed by atoms with van der Waals surface area (Å²) in [5.41, 5.74) is -0.858. The molecule has 3 N–H and O–H groups in total. The number of aromatic nitrogens is 1. The lowest BCUT2D eigenvalue weighted by molar-refractivity contribution is -0.144. The zero-order valence-corrected chi connectivity index (χ0v) is 11.9. The molecule has 1 heterocycles. The zero-order chi connectivity index (χ0) is 15.7. The molecule has 1 aromatic carbocycles. The Balaban J connectivity index is 2.02. The van der Waals surface area contributed by atoms with Crippen molar-refractivity contribution in [1.82, 2.24) is 10.3 Å². The van der Waals surface area contributed by atoms with E-state index in [1.807, 2.05) is 0 Å². The highest BCUT2D eigenvalue weighted by Gasteiger charge is 2.42. The molecular weight excluding hydrogens is 284 g/mol. The second-order valence-corrected chi connectivity index (χ2v) is 5.64. The fourth-order valence-electron chi connectivity index (χ4n) is 3.05. The number of aromatic amines is 1. The molecule has 0 aliphatic heterocycles. The molecule has 3 rings (SSSR count). The first-order chi connectivity index (χ1) is 10.5. The van der Waals surface area contributed by atoms with Gasteiger partial charge in [-0.05, 0) is 18.9 Å². The molecule has 2 aromatic rings. The molecule has 114 valence electrons. The molecule has 1 aliphatic carbocycles. The van der Waals surface area contributed by atoms with Gasteiger partial charge in [0.15, 0.2) is 0 Å². The van der Waals surface area contributed by atoms with Crippen molar-refractivity contribution in [3.63, 3.8) is 0 Å². The maximum absolute atomic E-state index is 12.5. The van der Waals surface area contributed by atoms with E-state index in [0.717, 1.165) is 12.8 Å². The van der Waals surface area contributed by atoms with Gasteiger partial charge < -0.3 is 15.4 Å². The summed E-state index contributed by atoms with van der Waals surface area (Å²) in [7, 11) is 0. The molecule has 22 heavy (non-hydrogen) atoms. The van der Waals surface area contributed by atoms with Crippen molar-refractivity contribution >= 4 is 22.8 Å². The van der Waals surface area contributed by atoms with Gasteiger partial charge in [0, 0.05) is 17.0 Å². The minimum absolute atomic E-state index is 0.201. The van der Waals surface area contributed by atoms with E-state index in [2.05, 4.69) is 10.3 Å². The SMILES string of the molecule is O=C(NC1(C(=O)O)CCCC1)c1cc(=O)[nH]c2ccccc12. The molecule has 0 unspecified atom stereocenters. The van der Waals surface area contributed by atoms with Gasteiger partial charge in [-0.1, -0.05) is 31.0 Å². The Hall–Kier alpha value is -2.63. The van der Waals surface area contributed by atoms with Crippen LogP contribution in [0.1, 0.15) is 36.0 Å². The molecule has 0 bridgehead atoms. The van der Waals surface area contributed by atoms with Crippen LogP contribution in [-0.4, -0.2) is 27.5 Å². The molecule has 0 saturated heterocycles. The average Bonchev–Trinajstić information content (AvgIpc) is 2.96. The van der Waals surface area contributed by atoms with Gasteiger partial charge in [-0.25, -0.2) is 4.79 Å².